The van der Waals surface area contributed by atoms with Crippen LogP contribution >= 0.6 is 23.4 Å². The molecule has 1 saturated carbocycles. The molecular formula is C15H19ClN2S. The number of thioether (sulfide) groups is 1. The van der Waals surface area contributed by atoms with Gasteiger partial charge in [-0.2, -0.15) is 0 Å². The maximum atomic E-state index is 6.15. The summed E-state index contributed by atoms with van der Waals surface area (Å²) in [6.45, 7) is 1.77. The summed E-state index contributed by atoms with van der Waals surface area (Å²) in [6, 6.07) is 7.97. The van der Waals surface area contributed by atoms with Crippen molar-refractivity contribution < 1.29 is 0 Å². The SMILES string of the molecule is Clc1ccccc1CNC1=NCC2(CCCC2)CS1. The second kappa shape index (κ2) is 5.76. The number of amidine groups is 1. The largest absolute Gasteiger partial charge is 0.361 e. The molecule has 1 fully saturated rings. The van der Waals surface area contributed by atoms with E-state index in [9.17, 15) is 0 Å². The molecule has 0 aromatic heterocycles. The van der Waals surface area contributed by atoms with Crippen LogP contribution < -0.4 is 5.32 Å². The molecule has 4 heteroatoms. The molecule has 3 rings (SSSR count). The smallest absolute Gasteiger partial charge is 0.156 e. The summed E-state index contributed by atoms with van der Waals surface area (Å²) >= 11 is 8.03. The van der Waals surface area contributed by atoms with E-state index < -0.39 is 0 Å². The predicted molar refractivity (Wildman–Crippen MR) is 84.0 cm³/mol. The standard InChI is InChI=1S/C15H19ClN2S/c16-13-6-2-1-5-12(13)9-17-14-18-10-15(11-19-14)7-3-4-8-15/h1-2,5-6H,3-4,7-11H2,(H,17,18). The van der Waals surface area contributed by atoms with Crippen LogP contribution in [-0.4, -0.2) is 17.5 Å². The zero-order chi connectivity index (χ0) is 13.1. The van der Waals surface area contributed by atoms with Gasteiger partial charge in [-0.3, -0.25) is 4.99 Å². The van der Waals surface area contributed by atoms with Gasteiger partial charge < -0.3 is 5.32 Å². The van der Waals surface area contributed by atoms with Gasteiger partial charge in [-0.15, -0.1) is 0 Å². The molecule has 1 aliphatic carbocycles. The molecule has 1 aliphatic heterocycles. The van der Waals surface area contributed by atoms with Gasteiger partial charge in [0, 0.05) is 23.9 Å². The van der Waals surface area contributed by atoms with E-state index in [1.807, 2.05) is 30.0 Å². The van der Waals surface area contributed by atoms with E-state index in [1.54, 1.807) is 0 Å². The van der Waals surface area contributed by atoms with Gasteiger partial charge in [0.25, 0.3) is 0 Å². The highest BCUT2D eigenvalue weighted by molar-refractivity contribution is 8.13. The summed E-state index contributed by atoms with van der Waals surface area (Å²) in [6.07, 6.45) is 5.50. The first-order chi connectivity index (χ1) is 9.27. The minimum atomic E-state index is 0.514. The zero-order valence-corrected chi connectivity index (χ0v) is 12.6. The molecule has 0 atom stereocenters. The predicted octanol–water partition coefficient (Wildman–Crippen LogP) is 4.09. The Morgan fingerprint density at radius 1 is 1.26 bits per heavy atom. The molecular weight excluding hydrogens is 276 g/mol. The monoisotopic (exact) mass is 294 g/mol. The number of halogens is 1. The summed E-state index contributed by atoms with van der Waals surface area (Å²) in [7, 11) is 0. The second-order valence-corrected chi connectivity index (χ2v) is 6.93. The number of rotatable bonds is 2. The maximum Gasteiger partial charge on any atom is 0.156 e. The number of nitrogens with zero attached hydrogens (tertiary/aromatic N) is 1. The quantitative estimate of drug-likeness (QED) is 0.888. The van der Waals surface area contributed by atoms with Gasteiger partial charge in [0.15, 0.2) is 5.17 Å². The highest BCUT2D eigenvalue weighted by Crippen LogP contribution is 2.43. The van der Waals surface area contributed by atoms with Crippen molar-refractivity contribution >= 4 is 28.5 Å². The topological polar surface area (TPSA) is 24.4 Å². The van der Waals surface area contributed by atoms with E-state index in [2.05, 4.69) is 11.4 Å². The fourth-order valence-corrected chi connectivity index (χ4v) is 4.25. The van der Waals surface area contributed by atoms with E-state index in [-0.39, 0.29) is 0 Å². The summed E-state index contributed by atoms with van der Waals surface area (Å²) < 4.78 is 0. The van der Waals surface area contributed by atoms with E-state index in [0.717, 1.165) is 28.8 Å². The van der Waals surface area contributed by atoms with Gasteiger partial charge in [-0.1, -0.05) is 54.4 Å². The van der Waals surface area contributed by atoms with Gasteiger partial charge in [0.05, 0.1) is 0 Å². The molecule has 102 valence electrons. The first-order valence-corrected chi connectivity index (χ1v) is 8.28. The van der Waals surface area contributed by atoms with Crippen LogP contribution in [0.4, 0.5) is 0 Å². The van der Waals surface area contributed by atoms with Crippen LogP contribution in [0.2, 0.25) is 5.02 Å². The lowest BCUT2D eigenvalue weighted by Gasteiger charge is -2.31. The third-order valence-electron chi connectivity index (χ3n) is 4.13. The lowest BCUT2D eigenvalue weighted by Crippen LogP contribution is -2.33. The Morgan fingerprint density at radius 3 is 2.74 bits per heavy atom. The third kappa shape index (κ3) is 3.09. The summed E-state index contributed by atoms with van der Waals surface area (Å²) in [5, 5.41) is 5.32. The van der Waals surface area contributed by atoms with Crippen molar-refractivity contribution in [1.82, 2.24) is 5.32 Å². The Bertz CT molecular complexity index is 481. The zero-order valence-electron chi connectivity index (χ0n) is 11.0. The van der Waals surface area contributed by atoms with Gasteiger partial charge in [0.2, 0.25) is 0 Å². The van der Waals surface area contributed by atoms with Crippen molar-refractivity contribution in [1.29, 1.82) is 0 Å². The molecule has 0 radical (unpaired) electrons. The van der Waals surface area contributed by atoms with Crippen molar-refractivity contribution in [3.63, 3.8) is 0 Å². The van der Waals surface area contributed by atoms with Gasteiger partial charge in [-0.05, 0) is 29.9 Å². The minimum absolute atomic E-state index is 0.514. The van der Waals surface area contributed by atoms with Crippen LogP contribution in [0.1, 0.15) is 31.2 Å². The van der Waals surface area contributed by atoms with Gasteiger partial charge >= 0.3 is 0 Å². The molecule has 0 bridgehead atoms. The Balaban J connectivity index is 1.57. The molecule has 1 aromatic rings. The Labute approximate surface area is 124 Å². The Kier molecular flexibility index (Phi) is 4.04. The van der Waals surface area contributed by atoms with E-state index in [1.165, 1.54) is 31.4 Å². The molecule has 0 amide bonds. The van der Waals surface area contributed by atoms with Crippen molar-refractivity contribution in [2.45, 2.75) is 32.2 Å². The van der Waals surface area contributed by atoms with Crippen molar-refractivity contribution in [2.75, 3.05) is 12.3 Å². The third-order valence-corrected chi connectivity index (χ3v) is 5.80. The Morgan fingerprint density at radius 2 is 2.05 bits per heavy atom. The van der Waals surface area contributed by atoms with Crippen LogP contribution in [0.3, 0.4) is 0 Å². The molecule has 1 spiro atoms. The lowest BCUT2D eigenvalue weighted by atomic mass is 9.89. The second-order valence-electron chi connectivity index (χ2n) is 5.56. The van der Waals surface area contributed by atoms with Crippen molar-refractivity contribution in [3.8, 4) is 0 Å². The number of hydrogen-bond donors (Lipinski definition) is 1. The fraction of sp³-hybridized carbons (Fsp3) is 0.533. The summed E-state index contributed by atoms with van der Waals surface area (Å²) in [4.78, 5) is 4.73. The van der Waals surface area contributed by atoms with Crippen LogP contribution in [0.15, 0.2) is 29.3 Å². The summed E-state index contributed by atoms with van der Waals surface area (Å²) in [5.41, 5.74) is 1.65. The highest BCUT2D eigenvalue weighted by atomic mass is 35.5. The molecule has 1 aromatic carbocycles. The lowest BCUT2D eigenvalue weighted by molar-refractivity contribution is 0.358. The normalized spacial score (nSPS) is 21.4. The number of aliphatic imine (C=N–C) groups is 1. The van der Waals surface area contributed by atoms with E-state index in [0.29, 0.717) is 5.41 Å². The molecule has 0 unspecified atom stereocenters. The van der Waals surface area contributed by atoms with E-state index >= 15 is 0 Å². The molecule has 2 aliphatic rings. The average Bonchev–Trinajstić information content (AvgIpc) is 2.88. The average molecular weight is 295 g/mol. The minimum Gasteiger partial charge on any atom is -0.361 e. The van der Waals surface area contributed by atoms with E-state index in [4.69, 9.17) is 16.6 Å². The van der Waals surface area contributed by atoms with Crippen molar-refractivity contribution in [3.05, 3.63) is 34.9 Å². The first kappa shape index (κ1) is 13.3. The maximum absolute atomic E-state index is 6.15. The first-order valence-electron chi connectivity index (χ1n) is 6.92. The Hall–Kier alpha value is -0.670. The van der Waals surface area contributed by atoms with Gasteiger partial charge in [0.1, 0.15) is 0 Å². The fourth-order valence-electron chi connectivity index (χ4n) is 2.90. The number of hydrogen-bond acceptors (Lipinski definition) is 3. The number of benzene rings is 1. The van der Waals surface area contributed by atoms with Crippen molar-refractivity contribution in [2.24, 2.45) is 10.4 Å². The number of nitrogens with one attached hydrogen (secondary N) is 1. The summed E-state index contributed by atoms with van der Waals surface area (Å²) in [5.74, 6) is 1.22. The highest BCUT2D eigenvalue weighted by Gasteiger charge is 2.36. The van der Waals surface area contributed by atoms with Crippen LogP contribution in [0.5, 0.6) is 0 Å². The molecule has 2 nitrogen and oxygen atoms in total. The molecule has 0 saturated heterocycles. The molecule has 1 N–H and O–H groups in total. The molecule has 1 heterocycles. The van der Waals surface area contributed by atoms with Crippen LogP contribution in [-0.2, 0) is 6.54 Å². The van der Waals surface area contributed by atoms with Crippen LogP contribution in [0, 0.1) is 5.41 Å². The van der Waals surface area contributed by atoms with Crippen LogP contribution in [0.25, 0.3) is 0 Å². The van der Waals surface area contributed by atoms with Gasteiger partial charge in [-0.25, -0.2) is 0 Å². The molecule has 19 heavy (non-hydrogen) atoms.